The summed E-state index contributed by atoms with van der Waals surface area (Å²) in [6.07, 6.45) is 1.73. The maximum Gasteiger partial charge on any atom is 0.327 e. The van der Waals surface area contributed by atoms with Crippen LogP contribution in [0.25, 0.3) is 0 Å². The van der Waals surface area contributed by atoms with Crippen LogP contribution in [0, 0.1) is 0 Å². The molecule has 0 spiro atoms. The first-order valence-corrected chi connectivity index (χ1v) is 6.60. The third-order valence-electron chi connectivity index (χ3n) is 2.60. The standard InChI is InChI=1S/C12H11Cl2N3O3/c13-8-3-1-2-7(9(8)14)10(18)16-17-12(20)11(19)15-6-4-5-6/h1-3,6H,4-5H2,(H,15,19)(H,16,18)(H,17,20). The second-order valence-corrected chi connectivity index (χ2v) is 5.04. The minimum Gasteiger partial charge on any atom is -0.345 e. The summed E-state index contributed by atoms with van der Waals surface area (Å²) in [5.74, 6) is -2.39. The molecule has 1 aliphatic rings. The smallest absolute Gasteiger partial charge is 0.327 e. The fourth-order valence-electron chi connectivity index (χ4n) is 1.40. The van der Waals surface area contributed by atoms with Crippen LogP contribution in [0.4, 0.5) is 0 Å². The van der Waals surface area contributed by atoms with Crippen molar-refractivity contribution in [1.82, 2.24) is 16.2 Å². The largest absolute Gasteiger partial charge is 0.345 e. The number of hydrogen-bond acceptors (Lipinski definition) is 3. The SMILES string of the molecule is O=C(NNC(=O)c1cccc(Cl)c1Cl)C(=O)NC1CC1. The van der Waals surface area contributed by atoms with Crippen LogP contribution in [0.5, 0.6) is 0 Å². The molecule has 2 rings (SSSR count). The Labute approximate surface area is 124 Å². The Kier molecular flexibility index (Phi) is 4.46. The van der Waals surface area contributed by atoms with Crippen molar-refractivity contribution in [3.05, 3.63) is 33.8 Å². The molecule has 0 atom stereocenters. The van der Waals surface area contributed by atoms with Gasteiger partial charge in [0.1, 0.15) is 0 Å². The maximum absolute atomic E-state index is 11.8. The van der Waals surface area contributed by atoms with E-state index in [4.69, 9.17) is 23.2 Å². The van der Waals surface area contributed by atoms with Gasteiger partial charge in [-0.1, -0.05) is 29.3 Å². The van der Waals surface area contributed by atoms with E-state index in [2.05, 4.69) is 10.7 Å². The van der Waals surface area contributed by atoms with Crippen molar-refractivity contribution in [2.45, 2.75) is 18.9 Å². The summed E-state index contributed by atoms with van der Waals surface area (Å²) in [4.78, 5) is 34.5. The zero-order chi connectivity index (χ0) is 14.7. The van der Waals surface area contributed by atoms with Gasteiger partial charge in [-0.25, -0.2) is 0 Å². The molecule has 0 aromatic heterocycles. The number of amides is 3. The van der Waals surface area contributed by atoms with Crippen LogP contribution in [0.3, 0.4) is 0 Å². The molecule has 0 radical (unpaired) electrons. The first kappa shape index (κ1) is 14.6. The zero-order valence-electron chi connectivity index (χ0n) is 10.2. The molecule has 1 aliphatic carbocycles. The highest BCUT2D eigenvalue weighted by atomic mass is 35.5. The van der Waals surface area contributed by atoms with Gasteiger partial charge in [0.15, 0.2) is 0 Å². The summed E-state index contributed by atoms with van der Waals surface area (Å²) < 4.78 is 0. The molecule has 3 N–H and O–H groups in total. The first-order chi connectivity index (χ1) is 9.49. The van der Waals surface area contributed by atoms with Crippen LogP contribution in [0.15, 0.2) is 18.2 Å². The number of benzene rings is 1. The monoisotopic (exact) mass is 315 g/mol. The Morgan fingerprint density at radius 1 is 1.05 bits per heavy atom. The molecule has 8 heteroatoms. The van der Waals surface area contributed by atoms with Gasteiger partial charge in [0.2, 0.25) is 0 Å². The predicted octanol–water partition coefficient (Wildman–Crippen LogP) is 1.03. The number of carbonyl (C=O) groups excluding carboxylic acids is 3. The van der Waals surface area contributed by atoms with E-state index in [1.807, 2.05) is 5.43 Å². The third kappa shape index (κ3) is 3.61. The number of nitrogens with one attached hydrogen (secondary N) is 3. The molecule has 1 saturated carbocycles. The Morgan fingerprint density at radius 2 is 1.75 bits per heavy atom. The Hall–Kier alpha value is -1.79. The second kappa shape index (κ2) is 6.11. The molecule has 0 aliphatic heterocycles. The summed E-state index contributed by atoms with van der Waals surface area (Å²) in [7, 11) is 0. The van der Waals surface area contributed by atoms with Gasteiger partial charge < -0.3 is 5.32 Å². The van der Waals surface area contributed by atoms with E-state index in [9.17, 15) is 14.4 Å². The van der Waals surface area contributed by atoms with E-state index in [1.54, 1.807) is 6.07 Å². The van der Waals surface area contributed by atoms with Gasteiger partial charge in [-0.2, -0.15) is 0 Å². The molecule has 6 nitrogen and oxygen atoms in total. The van der Waals surface area contributed by atoms with Gasteiger partial charge in [-0.3, -0.25) is 25.2 Å². The van der Waals surface area contributed by atoms with E-state index >= 15 is 0 Å². The molecular formula is C12H11Cl2N3O3. The number of hydrogen-bond donors (Lipinski definition) is 3. The molecule has 0 bridgehead atoms. The van der Waals surface area contributed by atoms with Gasteiger partial charge in [-0.15, -0.1) is 0 Å². The van der Waals surface area contributed by atoms with Crippen molar-refractivity contribution in [2.75, 3.05) is 0 Å². The van der Waals surface area contributed by atoms with Gasteiger partial charge in [0.25, 0.3) is 5.91 Å². The van der Waals surface area contributed by atoms with E-state index in [0.29, 0.717) is 0 Å². The molecule has 0 unspecified atom stereocenters. The second-order valence-electron chi connectivity index (χ2n) is 4.26. The minimum absolute atomic E-state index is 0.0614. The zero-order valence-corrected chi connectivity index (χ0v) is 11.7. The molecule has 0 saturated heterocycles. The lowest BCUT2D eigenvalue weighted by atomic mass is 10.2. The maximum atomic E-state index is 11.8. The van der Waals surface area contributed by atoms with E-state index in [-0.39, 0.29) is 21.7 Å². The summed E-state index contributed by atoms with van der Waals surface area (Å²) in [5, 5.41) is 2.78. The van der Waals surface area contributed by atoms with Crippen molar-refractivity contribution in [3.63, 3.8) is 0 Å². The molecule has 3 amide bonds. The third-order valence-corrected chi connectivity index (χ3v) is 3.42. The van der Waals surface area contributed by atoms with Crippen molar-refractivity contribution < 1.29 is 14.4 Å². The lowest BCUT2D eigenvalue weighted by molar-refractivity contribution is -0.139. The fourth-order valence-corrected chi connectivity index (χ4v) is 1.78. The van der Waals surface area contributed by atoms with Crippen LogP contribution >= 0.6 is 23.2 Å². The lowest BCUT2D eigenvalue weighted by Gasteiger charge is -2.09. The first-order valence-electron chi connectivity index (χ1n) is 5.84. The van der Waals surface area contributed by atoms with Crippen LogP contribution in [-0.4, -0.2) is 23.8 Å². The lowest BCUT2D eigenvalue weighted by Crippen LogP contribution is -2.49. The average molecular weight is 316 g/mol. The highest BCUT2D eigenvalue weighted by molar-refractivity contribution is 6.44. The number of halogens is 2. The van der Waals surface area contributed by atoms with Gasteiger partial charge in [0, 0.05) is 6.04 Å². The quantitative estimate of drug-likeness (QED) is 0.563. The molecule has 20 heavy (non-hydrogen) atoms. The number of carbonyl (C=O) groups is 3. The Morgan fingerprint density at radius 3 is 2.40 bits per heavy atom. The topological polar surface area (TPSA) is 87.3 Å². The van der Waals surface area contributed by atoms with Crippen LogP contribution < -0.4 is 16.2 Å². The molecule has 1 aromatic rings. The fraction of sp³-hybridized carbons (Fsp3) is 0.250. The predicted molar refractivity (Wildman–Crippen MR) is 73.2 cm³/mol. The molecule has 1 aromatic carbocycles. The van der Waals surface area contributed by atoms with E-state index < -0.39 is 17.7 Å². The van der Waals surface area contributed by atoms with Gasteiger partial charge in [-0.05, 0) is 25.0 Å². The highest BCUT2D eigenvalue weighted by Gasteiger charge is 2.26. The number of rotatable bonds is 2. The molecule has 106 valence electrons. The van der Waals surface area contributed by atoms with E-state index in [1.165, 1.54) is 12.1 Å². The normalized spacial score (nSPS) is 13.5. The Balaban J connectivity index is 1.89. The van der Waals surface area contributed by atoms with E-state index in [0.717, 1.165) is 12.8 Å². The summed E-state index contributed by atoms with van der Waals surface area (Å²) >= 11 is 11.6. The summed E-state index contributed by atoms with van der Waals surface area (Å²) in [6.45, 7) is 0. The van der Waals surface area contributed by atoms with Crippen molar-refractivity contribution >= 4 is 40.9 Å². The Bertz CT molecular complexity index is 573. The van der Waals surface area contributed by atoms with Crippen molar-refractivity contribution in [3.8, 4) is 0 Å². The van der Waals surface area contributed by atoms with Crippen LogP contribution in [0.2, 0.25) is 10.0 Å². The van der Waals surface area contributed by atoms with Crippen molar-refractivity contribution in [1.29, 1.82) is 0 Å². The summed E-state index contributed by atoms with van der Waals surface area (Å²) in [6, 6.07) is 4.58. The number of hydrazine groups is 1. The average Bonchev–Trinajstić information content (AvgIpc) is 3.22. The highest BCUT2D eigenvalue weighted by Crippen LogP contribution is 2.25. The van der Waals surface area contributed by atoms with Crippen LogP contribution in [-0.2, 0) is 9.59 Å². The summed E-state index contributed by atoms with van der Waals surface area (Å²) in [5.41, 5.74) is 4.21. The van der Waals surface area contributed by atoms with Crippen molar-refractivity contribution in [2.24, 2.45) is 0 Å². The van der Waals surface area contributed by atoms with Gasteiger partial charge in [0.05, 0.1) is 15.6 Å². The molecular weight excluding hydrogens is 305 g/mol. The van der Waals surface area contributed by atoms with Gasteiger partial charge >= 0.3 is 11.8 Å². The molecule has 1 fully saturated rings. The molecule has 0 heterocycles. The van der Waals surface area contributed by atoms with Crippen LogP contribution in [0.1, 0.15) is 23.2 Å². The minimum atomic E-state index is -0.941.